The molecule has 1 heterocycles. The fraction of sp³-hybridized carbons (Fsp3) is 0.348. The lowest BCUT2D eigenvalue weighted by atomic mass is 10.0. The van der Waals surface area contributed by atoms with Crippen LogP contribution in [0.2, 0.25) is 0 Å². The summed E-state index contributed by atoms with van der Waals surface area (Å²) < 4.78 is 26.6. The first-order valence-corrected chi connectivity index (χ1v) is 11.7. The zero-order valence-electron chi connectivity index (χ0n) is 17.5. The molecule has 1 saturated heterocycles. The molecule has 2 aromatic carbocycles. The van der Waals surface area contributed by atoms with E-state index in [9.17, 15) is 13.2 Å². The number of benzene rings is 2. The summed E-state index contributed by atoms with van der Waals surface area (Å²) in [7, 11) is -3.47. The predicted molar refractivity (Wildman–Crippen MR) is 122 cm³/mol. The molecule has 1 amide bonds. The molecule has 3 rings (SSSR count). The maximum Gasteiger partial charge on any atom is 0.238 e. The molecule has 160 valence electrons. The highest BCUT2D eigenvalue weighted by Gasteiger charge is 2.26. The number of nitrogens with one attached hydrogen (secondary N) is 1. The molecule has 2 aromatic rings. The first-order chi connectivity index (χ1) is 14.3. The maximum absolute atomic E-state index is 12.6. The summed E-state index contributed by atoms with van der Waals surface area (Å²) in [4.78, 5) is 14.5. The minimum atomic E-state index is -3.47. The van der Waals surface area contributed by atoms with Crippen LogP contribution in [0.15, 0.2) is 60.0 Å². The van der Waals surface area contributed by atoms with Crippen molar-refractivity contribution in [3.8, 4) is 0 Å². The van der Waals surface area contributed by atoms with Gasteiger partial charge in [-0.2, -0.15) is 4.31 Å². The maximum atomic E-state index is 12.6. The molecule has 1 N–H and O–H groups in total. The lowest BCUT2D eigenvalue weighted by Crippen LogP contribution is -2.49. The van der Waals surface area contributed by atoms with E-state index in [2.05, 4.69) is 19.2 Å². The summed E-state index contributed by atoms with van der Waals surface area (Å²) in [5.41, 5.74) is 2.79. The van der Waals surface area contributed by atoms with Crippen LogP contribution in [-0.2, 0) is 14.8 Å². The second-order valence-electron chi connectivity index (χ2n) is 7.72. The van der Waals surface area contributed by atoms with Gasteiger partial charge in [-0.25, -0.2) is 8.42 Å². The number of piperazine rings is 1. The Hall–Kier alpha value is -2.48. The van der Waals surface area contributed by atoms with Crippen molar-refractivity contribution in [3.05, 3.63) is 71.1 Å². The van der Waals surface area contributed by atoms with E-state index < -0.39 is 10.0 Å². The second-order valence-corrected chi connectivity index (χ2v) is 9.54. The lowest BCUT2D eigenvalue weighted by Gasteiger charge is -2.32. The van der Waals surface area contributed by atoms with Crippen molar-refractivity contribution in [1.82, 2.24) is 9.21 Å². The highest BCUT2D eigenvalue weighted by molar-refractivity contribution is 7.92. The average Bonchev–Trinajstić information content (AvgIpc) is 2.74. The largest absolute Gasteiger partial charge is 0.325 e. The number of para-hydroxylation sites is 1. The molecule has 7 heteroatoms. The summed E-state index contributed by atoms with van der Waals surface area (Å²) in [6.07, 6.45) is 1.61. The van der Waals surface area contributed by atoms with E-state index in [0.29, 0.717) is 32.1 Å². The van der Waals surface area contributed by atoms with E-state index in [1.807, 2.05) is 59.5 Å². The lowest BCUT2D eigenvalue weighted by molar-refractivity contribution is -0.117. The van der Waals surface area contributed by atoms with Crippen LogP contribution in [0.25, 0.3) is 6.08 Å². The van der Waals surface area contributed by atoms with Crippen LogP contribution in [0, 0.1) is 0 Å². The number of hydrogen-bond donors (Lipinski definition) is 1. The Bertz CT molecular complexity index is 980. The number of carbonyl (C=O) groups is 1. The Labute approximate surface area is 179 Å². The van der Waals surface area contributed by atoms with Crippen molar-refractivity contribution in [3.63, 3.8) is 0 Å². The normalized spacial score (nSPS) is 16.2. The number of rotatable bonds is 7. The van der Waals surface area contributed by atoms with Crippen molar-refractivity contribution in [2.24, 2.45) is 0 Å². The zero-order chi connectivity index (χ0) is 21.6. The smallest absolute Gasteiger partial charge is 0.238 e. The minimum absolute atomic E-state index is 0.0802. The van der Waals surface area contributed by atoms with Crippen molar-refractivity contribution in [2.75, 3.05) is 38.0 Å². The molecule has 0 unspecified atom stereocenters. The number of amides is 1. The Kier molecular flexibility index (Phi) is 7.42. The van der Waals surface area contributed by atoms with Gasteiger partial charge in [0, 0.05) is 37.3 Å². The fourth-order valence-corrected chi connectivity index (χ4v) is 4.64. The Morgan fingerprint density at radius 3 is 2.30 bits per heavy atom. The van der Waals surface area contributed by atoms with Gasteiger partial charge in [-0.3, -0.25) is 9.69 Å². The van der Waals surface area contributed by atoms with Crippen molar-refractivity contribution >= 4 is 27.7 Å². The van der Waals surface area contributed by atoms with Crippen LogP contribution in [0.1, 0.15) is 30.9 Å². The van der Waals surface area contributed by atoms with Gasteiger partial charge in [0.2, 0.25) is 15.9 Å². The zero-order valence-corrected chi connectivity index (χ0v) is 18.3. The van der Waals surface area contributed by atoms with Crippen molar-refractivity contribution in [1.29, 1.82) is 0 Å². The molecule has 0 atom stereocenters. The quantitative estimate of drug-likeness (QED) is 0.736. The summed E-state index contributed by atoms with van der Waals surface area (Å²) >= 11 is 0. The predicted octanol–water partition coefficient (Wildman–Crippen LogP) is 3.37. The van der Waals surface area contributed by atoms with Crippen molar-refractivity contribution < 1.29 is 13.2 Å². The number of hydrogen-bond acceptors (Lipinski definition) is 4. The van der Waals surface area contributed by atoms with Gasteiger partial charge in [-0.1, -0.05) is 62.4 Å². The molecule has 1 aliphatic rings. The molecule has 0 aromatic heterocycles. The van der Waals surface area contributed by atoms with Gasteiger partial charge in [-0.05, 0) is 29.2 Å². The molecule has 30 heavy (non-hydrogen) atoms. The molecule has 0 aliphatic carbocycles. The van der Waals surface area contributed by atoms with Crippen molar-refractivity contribution in [2.45, 2.75) is 19.8 Å². The van der Waals surface area contributed by atoms with Gasteiger partial charge in [0.1, 0.15) is 0 Å². The van der Waals surface area contributed by atoms with Crippen LogP contribution in [0.4, 0.5) is 5.69 Å². The van der Waals surface area contributed by atoms with Crippen LogP contribution in [-0.4, -0.2) is 56.3 Å². The minimum Gasteiger partial charge on any atom is -0.325 e. The number of carbonyl (C=O) groups excluding carboxylic acids is 1. The topological polar surface area (TPSA) is 69.7 Å². The summed E-state index contributed by atoms with van der Waals surface area (Å²) in [6.45, 7) is 6.23. The van der Waals surface area contributed by atoms with Crippen LogP contribution < -0.4 is 5.32 Å². The van der Waals surface area contributed by atoms with E-state index in [4.69, 9.17) is 0 Å². The molecule has 0 bridgehead atoms. The Balaban J connectivity index is 1.52. The van der Waals surface area contributed by atoms with Crippen LogP contribution in [0.5, 0.6) is 0 Å². The second kappa shape index (κ2) is 10.0. The van der Waals surface area contributed by atoms with E-state index >= 15 is 0 Å². The third-order valence-corrected chi connectivity index (χ3v) is 6.71. The summed E-state index contributed by atoms with van der Waals surface area (Å²) in [5.74, 6) is 0.238. The van der Waals surface area contributed by atoms with Gasteiger partial charge in [0.05, 0.1) is 6.54 Å². The summed E-state index contributed by atoms with van der Waals surface area (Å²) in [5, 5.41) is 4.25. The molecular weight excluding hydrogens is 398 g/mol. The number of anilines is 1. The van der Waals surface area contributed by atoms with E-state index in [0.717, 1.165) is 16.8 Å². The highest BCUT2D eigenvalue weighted by Crippen LogP contribution is 2.23. The highest BCUT2D eigenvalue weighted by atomic mass is 32.2. The van der Waals surface area contributed by atoms with Gasteiger partial charge >= 0.3 is 0 Å². The van der Waals surface area contributed by atoms with E-state index in [1.54, 1.807) is 6.08 Å². The first-order valence-electron chi connectivity index (χ1n) is 10.2. The Morgan fingerprint density at radius 2 is 1.63 bits per heavy atom. The number of sulfonamides is 1. The molecule has 6 nitrogen and oxygen atoms in total. The van der Waals surface area contributed by atoms with Crippen LogP contribution >= 0.6 is 0 Å². The Morgan fingerprint density at radius 1 is 1.00 bits per heavy atom. The fourth-order valence-electron chi connectivity index (χ4n) is 3.46. The SMILES string of the molecule is CC(C)c1ccccc1NC(=O)CN1CCN(S(=O)(=O)C=Cc2ccccc2)CC1. The van der Waals surface area contributed by atoms with Gasteiger partial charge in [0.25, 0.3) is 0 Å². The van der Waals surface area contributed by atoms with E-state index in [-0.39, 0.29) is 12.5 Å². The third-order valence-electron chi connectivity index (χ3n) is 5.15. The van der Waals surface area contributed by atoms with Crippen LogP contribution in [0.3, 0.4) is 0 Å². The first kappa shape index (κ1) is 22.2. The van der Waals surface area contributed by atoms with Gasteiger partial charge in [-0.15, -0.1) is 0 Å². The monoisotopic (exact) mass is 427 g/mol. The van der Waals surface area contributed by atoms with E-state index in [1.165, 1.54) is 9.71 Å². The molecule has 1 fully saturated rings. The average molecular weight is 428 g/mol. The summed E-state index contributed by atoms with van der Waals surface area (Å²) in [6, 6.07) is 17.2. The van der Waals surface area contributed by atoms with Gasteiger partial charge in [0.15, 0.2) is 0 Å². The molecule has 0 radical (unpaired) electrons. The molecular formula is C23H29N3O3S. The molecule has 1 aliphatic heterocycles. The molecule has 0 saturated carbocycles. The standard InChI is InChI=1S/C23H29N3O3S/c1-19(2)21-10-6-7-11-22(21)24-23(27)18-25-13-15-26(16-14-25)30(28,29)17-12-20-8-4-3-5-9-20/h3-12,17,19H,13-16,18H2,1-2H3,(H,24,27). The molecule has 0 spiro atoms. The third kappa shape index (κ3) is 6.01. The van der Waals surface area contributed by atoms with Gasteiger partial charge < -0.3 is 5.32 Å². The number of nitrogens with zero attached hydrogens (tertiary/aromatic N) is 2.